The zero-order chi connectivity index (χ0) is 11.7. The molecule has 2 aliphatic rings. The van der Waals surface area contributed by atoms with Crippen LogP contribution < -0.4 is 5.73 Å². The van der Waals surface area contributed by atoms with E-state index in [4.69, 9.17) is 10.5 Å². The average molecular weight is 244 g/mol. The van der Waals surface area contributed by atoms with Crippen molar-refractivity contribution in [2.45, 2.75) is 36.7 Å². The lowest BCUT2D eigenvalue weighted by Crippen LogP contribution is -2.49. The Morgan fingerprint density at radius 3 is 2.94 bits per heavy atom. The summed E-state index contributed by atoms with van der Waals surface area (Å²) in [5.74, 6) is 0.440. The van der Waals surface area contributed by atoms with Crippen molar-refractivity contribution < 1.29 is 14.3 Å². The first-order chi connectivity index (χ1) is 7.65. The Balaban J connectivity index is 2.20. The first-order valence-electron chi connectivity index (χ1n) is 5.42. The van der Waals surface area contributed by atoms with Gasteiger partial charge in [0.2, 0.25) is 5.91 Å². The van der Waals surface area contributed by atoms with Crippen LogP contribution in [0.15, 0.2) is 0 Å². The molecule has 16 heavy (non-hydrogen) atoms. The maximum absolute atomic E-state index is 12.0. The van der Waals surface area contributed by atoms with Crippen molar-refractivity contribution in [1.29, 1.82) is 0 Å². The quantitative estimate of drug-likeness (QED) is 0.654. The lowest BCUT2D eigenvalue weighted by atomic mass is 10.2. The van der Waals surface area contributed by atoms with Gasteiger partial charge in [-0.25, -0.2) is 4.79 Å². The lowest BCUT2D eigenvalue weighted by Gasteiger charge is -2.27. The van der Waals surface area contributed by atoms with Gasteiger partial charge in [0.1, 0.15) is 6.04 Å². The number of carbonyl (C=O) groups is 2. The fraction of sp³-hybridized carbons (Fsp3) is 0.800. The maximum atomic E-state index is 12.0. The van der Waals surface area contributed by atoms with E-state index in [-0.39, 0.29) is 17.3 Å². The number of nitrogens with two attached hydrogens (primary N) is 1. The Labute approximate surface area is 98.7 Å². The molecule has 0 aromatic heterocycles. The highest BCUT2D eigenvalue weighted by Gasteiger charge is 2.44. The second-order valence-corrected chi connectivity index (χ2v) is 5.37. The molecule has 2 saturated heterocycles. The van der Waals surface area contributed by atoms with Crippen molar-refractivity contribution >= 4 is 23.6 Å². The molecule has 0 aromatic rings. The largest absolute Gasteiger partial charge is 0.467 e. The number of hydrogen-bond donors (Lipinski definition) is 1. The third-order valence-electron chi connectivity index (χ3n) is 3.12. The normalized spacial score (nSPS) is 34.5. The molecule has 6 heteroatoms. The first kappa shape index (κ1) is 11.7. The van der Waals surface area contributed by atoms with E-state index < -0.39 is 12.1 Å². The molecule has 2 heterocycles. The third kappa shape index (κ3) is 1.91. The van der Waals surface area contributed by atoms with Gasteiger partial charge in [-0.15, -0.1) is 11.8 Å². The highest BCUT2D eigenvalue weighted by molar-refractivity contribution is 7.99. The number of nitrogens with zero attached hydrogens (tertiary/aromatic N) is 1. The van der Waals surface area contributed by atoms with Crippen LogP contribution in [0.2, 0.25) is 0 Å². The molecule has 2 fully saturated rings. The number of ether oxygens (including phenoxy) is 1. The number of thioether (sulfide) groups is 1. The summed E-state index contributed by atoms with van der Waals surface area (Å²) in [6.45, 7) is 0. The van der Waals surface area contributed by atoms with Gasteiger partial charge in [0, 0.05) is 0 Å². The van der Waals surface area contributed by atoms with Gasteiger partial charge in [-0.05, 0) is 25.0 Å². The van der Waals surface area contributed by atoms with Crippen LogP contribution in [0.1, 0.15) is 19.3 Å². The molecule has 0 spiro atoms. The van der Waals surface area contributed by atoms with Crippen molar-refractivity contribution in [3.05, 3.63) is 0 Å². The Kier molecular flexibility index (Phi) is 3.39. The molecule has 0 saturated carbocycles. The van der Waals surface area contributed by atoms with Crippen molar-refractivity contribution in [2.24, 2.45) is 5.73 Å². The van der Waals surface area contributed by atoms with Gasteiger partial charge in [-0.3, -0.25) is 4.79 Å². The molecule has 3 atom stereocenters. The Morgan fingerprint density at radius 1 is 1.50 bits per heavy atom. The smallest absolute Gasteiger partial charge is 0.328 e. The molecule has 90 valence electrons. The molecule has 0 bridgehead atoms. The molecule has 2 N–H and O–H groups in total. The van der Waals surface area contributed by atoms with Crippen LogP contribution in [0.3, 0.4) is 0 Å². The van der Waals surface area contributed by atoms with Crippen molar-refractivity contribution in [1.82, 2.24) is 4.90 Å². The Hall–Kier alpha value is -0.750. The van der Waals surface area contributed by atoms with Gasteiger partial charge in [0.05, 0.1) is 18.5 Å². The zero-order valence-corrected chi connectivity index (χ0v) is 10.0. The number of rotatable bonds is 1. The summed E-state index contributed by atoms with van der Waals surface area (Å²) in [5, 5.41) is 0.102. The van der Waals surface area contributed by atoms with Crippen LogP contribution in [0.5, 0.6) is 0 Å². The highest BCUT2D eigenvalue weighted by atomic mass is 32.2. The zero-order valence-electron chi connectivity index (χ0n) is 9.22. The standard InChI is InChI=1S/C10H16N2O3S/c1-15-10(14)7-2-3-8-12(7)9(13)6(11)4-5-16-8/h6-8H,2-5,11H2,1H3/t6-,7?,8?/m0/s1. The monoisotopic (exact) mass is 244 g/mol. The molecule has 1 amide bonds. The minimum absolute atomic E-state index is 0.102. The van der Waals surface area contributed by atoms with E-state index in [1.807, 2.05) is 0 Å². The fourth-order valence-corrected chi connectivity index (χ4v) is 3.63. The lowest BCUT2D eigenvalue weighted by molar-refractivity contribution is -0.151. The van der Waals surface area contributed by atoms with Crippen LogP contribution in [0.25, 0.3) is 0 Å². The predicted molar refractivity (Wildman–Crippen MR) is 60.7 cm³/mol. The second-order valence-electron chi connectivity index (χ2n) is 4.08. The van der Waals surface area contributed by atoms with Crippen LogP contribution in [0.4, 0.5) is 0 Å². The van der Waals surface area contributed by atoms with Gasteiger partial charge in [-0.1, -0.05) is 0 Å². The second kappa shape index (κ2) is 4.63. The van der Waals surface area contributed by atoms with Crippen LogP contribution in [-0.2, 0) is 14.3 Å². The summed E-state index contributed by atoms with van der Waals surface area (Å²) < 4.78 is 4.72. The van der Waals surface area contributed by atoms with Gasteiger partial charge in [0.25, 0.3) is 0 Å². The van der Waals surface area contributed by atoms with E-state index in [0.717, 1.165) is 12.2 Å². The number of methoxy groups -OCH3 is 1. The topological polar surface area (TPSA) is 72.6 Å². The highest BCUT2D eigenvalue weighted by Crippen LogP contribution is 2.35. The van der Waals surface area contributed by atoms with Gasteiger partial charge >= 0.3 is 5.97 Å². The number of carbonyl (C=O) groups excluding carboxylic acids is 2. The Bertz CT molecular complexity index is 310. The molecule has 0 aliphatic carbocycles. The predicted octanol–water partition coefficient (Wildman–Crippen LogP) is -0.0593. The molecule has 0 radical (unpaired) electrons. The van der Waals surface area contributed by atoms with Crippen molar-refractivity contribution in [3.63, 3.8) is 0 Å². The van der Waals surface area contributed by atoms with E-state index in [2.05, 4.69) is 0 Å². The summed E-state index contributed by atoms with van der Waals surface area (Å²) in [4.78, 5) is 25.2. The minimum Gasteiger partial charge on any atom is -0.467 e. The average Bonchev–Trinajstić information content (AvgIpc) is 2.65. The van der Waals surface area contributed by atoms with Gasteiger partial charge in [0.15, 0.2) is 0 Å². The maximum Gasteiger partial charge on any atom is 0.328 e. The molecule has 2 unspecified atom stereocenters. The number of esters is 1. The summed E-state index contributed by atoms with van der Waals surface area (Å²) in [6, 6.07) is -0.901. The van der Waals surface area contributed by atoms with Gasteiger partial charge in [-0.2, -0.15) is 0 Å². The molecular formula is C10H16N2O3S. The number of hydrogen-bond acceptors (Lipinski definition) is 5. The summed E-state index contributed by atoms with van der Waals surface area (Å²) >= 11 is 1.71. The first-order valence-corrected chi connectivity index (χ1v) is 6.47. The molecule has 2 aliphatic heterocycles. The van der Waals surface area contributed by atoms with E-state index in [9.17, 15) is 9.59 Å². The van der Waals surface area contributed by atoms with E-state index >= 15 is 0 Å². The van der Waals surface area contributed by atoms with Crippen molar-refractivity contribution in [3.8, 4) is 0 Å². The van der Waals surface area contributed by atoms with Crippen LogP contribution >= 0.6 is 11.8 Å². The third-order valence-corrected chi connectivity index (χ3v) is 4.44. The van der Waals surface area contributed by atoms with E-state index in [1.54, 1.807) is 16.7 Å². The summed E-state index contributed by atoms with van der Waals surface area (Å²) in [6.07, 6.45) is 2.22. The molecule has 0 aromatic carbocycles. The molecular weight excluding hydrogens is 228 g/mol. The summed E-state index contributed by atoms with van der Waals surface area (Å²) in [7, 11) is 1.35. The van der Waals surface area contributed by atoms with E-state index in [1.165, 1.54) is 7.11 Å². The number of fused-ring (bicyclic) bond motifs is 1. The minimum atomic E-state index is -0.470. The van der Waals surface area contributed by atoms with Crippen LogP contribution in [0, 0.1) is 0 Å². The fourth-order valence-electron chi connectivity index (χ4n) is 2.25. The number of amides is 1. The van der Waals surface area contributed by atoms with Crippen molar-refractivity contribution in [2.75, 3.05) is 12.9 Å². The SMILES string of the molecule is COC(=O)C1CCC2SCC[C@H](N)C(=O)N21. The van der Waals surface area contributed by atoms with E-state index in [0.29, 0.717) is 12.8 Å². The summed E-state index contributed by atoms with van der Waals surface area (Å²) in [5.41, 5.74) is 5.78. The van der Waals surface area contributed by atoms with Gasteiger partial charge < -0.3 is 15.4 Å². The molecule has 2 rings (SSSR count). The Morgan fingerprint density at radius 2 is 2.25 bits per heavy atom. The molecule has 5 nitrogen and oxygen atoms in total. The van der Waals surface area contributed by atoms with Crippen LogP contribution in [-0.4, -0.2) is 47.1 Å².